The molecule has 0 saturated heterocycles. The van der Waals surface area contributed by atoms with Crippen molar-refractivity contribution in [1.29, 1.82) is 0 Å². The summed E-state index contributed by atoms with van der Waals surface area (Å²) >= 11 is 7.34. The molecule has 3 rings (SSSR count). The zero-order valence-electron chi connectivity index (χ0n) is 13.7. The highest BCUT2D eigenvalue weighted by molar-refractivity contribution is 7.17. The minimum absolute atomic E-state index is 0.220. The maximum Gasteiger partial charge on any atom is 0.339 e. The van der Waals surface area contributed by atoms with Crippen molar-refractivity contribution >= 4 is 39.8 Å². The number of hydrogen-bond acceptors (Lipinski definition) is 4. The Morgan fingerprint density at radius 2 is 2.16 bits per heavy atom. The molecule has 1 unspecified atom stereocenters. The van der Waals surface area contributed by atoms with Crippen molar-refractivity contribution in [2.75, 3.05) is 11.9 Å². The average Bonchev–Trinajstić information content (AvgIpc) is 2.91. The van der Waals surface area contributed by atoms with Crippen LogP contribution < -0.4 is 10.1 Å². The van der Waals surface area contributed by atoms with Crippen molar-refractivity contribution in [3.05, 3.63) is 45.3 Å². The molecule has 0 radical (unpaired) electrons. The molecule has 5 nitrogen and oxygen atoms in total. The largest absolute Gasteiger partial charge is 0.482 e. The van der Waals surface area contributed by atoms with E-state index >= 15 is 0 Å². The summed E-state index contributed by atoms with van der Waals surface area (Å²) in [6.07, 6.45) is 2.56. The van der Waals surface area contributed by atoms with Crippen LogP contribution in [-0.2, 0) is 17.6 Å². The molecular weight excluding hydrogens is 362 g/mol. The Morgan fingerprint density at radius 1 is 1.40 bits per heavy atom. The van der Waals surface area contributed by atoms with Gasteiger partial charge >= 0.3 is 5.97 Å². The van der Waals surface area contributed by atoms with Gasteiger partial charge in [0, 0.05) is 4.88 Å². The van der Waals surface area contributed by atoms with Crippen molar-refractivity contribution in [2.24, 2.45) is 5.92 Å². The molecule has 1 atom stereocenters. The van der Waals surface area contributed by atoms with Crippen LogP contribution in [0.15, 0.2) is 24.3 Å². The van der Waals surface area contributed by atoms with Crippen LogP contribution in [0.2, 0.25) is 5.02 Å². The first-order chi connectivity index (χ1) is 12.0. The number of amides is 1. The van der Waals surface area contributed by atoms with Crippen LogP contribution in [-0.4, -0.2) is 23.6 Å². The Labute approximate surface area is 154 Å². The third kappa shape index (κ3) is 3.96. The van der Waals surface area contributed by atoms with Crippen molar-refractivity contribution < 1.29 is 19.4 Å². The molecule has 0 bridgehead atoms. The third-order valence-electron chi connectivity index (χ3n) is 4.17. The monoisotopic (exact) mass is 379 g/mol. The van der Waals surface area contributed by atoms with E-state index in [0.717, 1.165) is 29.7 Å². The first-order valence-electron chi connectivity index (χ1n) is 8.00. The van der Waals surface area contributed by atoms with E-state index in [1.54, 1.807) is 24.3 Å². The van der Waals surface area contributed by atoms with Crippen LogP contribution in [0, 0.1) is 5.92 Å². The van der Waals surface area contributed by atoms with Crippen LogP contribution in [0.3, 0.4) is 0 Å². The smallest absolute Gasteiger partial charge is 0.339 e. The summed E-state index contributed by atoms with van der Waals surface area (Å²) in [4.78, 5) is 24.9. The summed E-state index contributed by atoms with van der Waals surface area (Å²) in [5, 5.41) is 13.0. The molecule has 1 aliphatic carbocycles. The molecule has 1 heterocycles. The predicted octanol–water partition coefficient (Wildman–Crippen LogP) is 4.24. The van der Waals surface area contributed by atoms with E-state index in [4.69, 9.17) is 16.3 Å². The SMILES string of the molecule is CC1CCc2c(sc(NC(=O)COc3ccccc3Cl)c2C(=O)O)C1. The summed E-state index contributed by atoms with van der Waals surface area (Å²) in [7, 11) is 0. The lowest BCUT2D eigenvalue weighted by Crippen LogP contribution is -2.21. The second-order valence-corrected chi connectivity index (χ2v) is 7.64. The number of halogens is 1. The van der Waals surface area contributed by atoms with Crippen LogP contribution in [0.25, 0.3) is 0 Å². The molecule has 0 spiro atoms. The molecular formula is C18H18ClNO4S. The molecule has 2 N–H and O–H groups in total. The predicted molar refractivity (Wildman–Crippen MR) is 98.0 cm³/mol. The van der Waals surface area contributed by atoms with Crippen molar-refractivity contribution in [3.8, 4) is 5.75 Å². The van der Waals surface area contributed by atoms with E-state index in [1.165, 1.54) is 11.3 Å². The number of benzene rings is 1. The molecule has 0 aliphatic heterocycles. The van der Waals surface area contributed by atoms with Crippen LogP contribution in [0.1, 0.15) is 34.1 Å². The lowest BCUT2D eigenvalue weighted by Gasteiger charge is -2.17. The average molecular weight is 380 g/mol. The minimum Gasteiger partial charge on any atom is -0.482 e. The van der Waals surface area contributed by atoms with Crippen LogP contribution in [0.5, 0.6) is 5.75 Å². The molecule has 132 valence electrons. The van der Waals surface area contributed by atoms with Crippen molar-refractivity contribution in [2.45, 2.75) is 26.2 Å². The summed E-state index contributed by atoms with van der Waals surface area (Å²) in [6.45, 7) is 1.92. The van der Waals surface area contributed by atoms with Gasteiger partial charge in [-0.3, -0.25) is 4.79 Å². The number of rotatable bonds is 5. The van der Waals surface area contributed by atoms with Gasteiger partial charge in [0.2, 0.25) is 0 Å². The number of anilines is 1. The second kappa shape index (κ2) is 7.45. The van der Waals surface area contributed by atoms with E-state index in [-0.39, 0.29) is 12.2 Å². The number of fused-ring (bicyclic) bond motifs is 1. The summed E-state index contributed by atoms with van der Waals surface area (Å²) in [5.74, 6) is -0.472. The molecule has 7 heteroatoms. The number of ether oxygens (including phenoxy) is 1. The Morgan fingerprint density at radius 3 is 2.88 bits per heavy atom. The Bertz CT molecular complexity index is 817. The fraction of sp³-hybridized carbons (Fsp3) is 0.333. The number of thiophene rings is 1. The normalized spacial score (nSPS) is 16.2. The Hall–Kier alpha value is -2.05. The summed E-state index contributed by atoms with van der Waals surface area (Å²) in [6, 6.07) is 6.87. The molecule has 0 fully saturated rings. The first kappa shape index (κ1) is 17.8. The van der Waals surface area contributed by atoms with Gasteiger partial charge in [-0.05, 0) is 42.9 Å². The number of hydrogen-bond donors (Lipinski definition) is 2. The zero-order chi connectivity index (χ0) is 18.0. The quantitative estimate of drug-likeness (QED) is 0.814. The van der Waals surface area contributed by atoms with E-state index < -0.39 is 11.9 Å². The maximum atomic E-state index is 12.2. The van der Waals surface area contributed by atoms with E-state index in [2.05, 4.69) is 12.2 Å². The number of carbonyl (C=O) groups is 2. The summed E-state index contributed by atoms with van der Waals surface area (Å²) < 4.78 is 5.40. The highest BCUT2D eigenvalue weighted by Crippen LogP contribution is 2.39. The number of carbonyl (C=O) groups excluding carboxylic acids is 1. The van der Waals surface area contributed by atoms with Gasteiger partial charge in [0.15, 0.2) is 6.61 Å². The van der Waals surface area contributed by atoms with Gasteiger partial charge in [-0.2, -0.15) is 0 Å². The number of carboxylic acid groups (broad SMARTS) is 1. The number of nitrogens with one attached hydrogen (secondary N) is 1. The van der Waals surface area contributed by atoms with Crippen LogP contribution >= 0.6 is 22.9 Å². The number of aromatic carboxylic acids is 1. The highest BCUT2D eigenvalue weighted by Gasteiger charge is 2.28. The molecule has 1 amide bonds. The van der Waals surface area contributed by atoms with Gasteiger partial charge in [0.1, 0.15) is 10.8 Å². The molecule has 1 aliphatic rings. The Kier molecular flexibility index (Phi) is 5.30. The lowest BCUT2D eigenvalue weighted by atomic mass is 9.88. The van der Waals surface area contributed by atoms with E-state index in [9.17, 15) is 14.7 Å². The highest BCUT2D eigenvalue weighted by atomic mass is 35.5. The second-order valence-electron chi connectivity index (χ2n) is 6.13. The van der Waals surface area contributed by atoms with Gasteiger partial charge < -0.3 is 15.2 Å². The van der Waals surface area contributed by atoms with E-state index in [0.29, 0.717) is 21.7 Å². The molecule has 2 aromatic rings. The maximum absolute atomic E-state index is 12.2. The van der Waals surface area contributed by atoms with Gasteiger partial charge in [-0.1, -0.05) is 30.7 Å². The molecule has 25 heavy (non-hydrogen) atoms. The van der Waals surface area contributed by atoms with Gasteiger partial charge in [0.25, 0.3) is 5.91 Å². The molecule has 1 aromatic carbocycles. The lowest BCUT2D eigenvalue weighted by molar-refractivity contribution is -0.118. The summed E-state index contributed by atoms with van der Waals surface area (Å²) in [5.41, 5.74) is 1.08. The molecule has 0 saturated carbocycles. The fourth-order valence-electron chi connectivity index (χ4n) is 2.93. The third-order valence-corrected chi connectivity index (χ3v) is 5.66. The van der Waals surface area contributed by atoms with Crippen molar-refractivity contribution in [1.82, 2.24) is 0 Å². The van der Waals surface area contributed by atoms with Crippen LogP contribution in [0.4, 0.5) is 5.00 Å². The van der Waals surface area contributed by atoms with Gasteiger partial charge in [0.05, 0.1) is 10.6 Å². The van der Waals surface area contributed by atoms with Gasteiger partial charge in [-0.25, -0.2) is 4.79 Å². The number of carboxylic acids is 1. The minimum atomic E-state index is -1.01. The van der Waals surface area contributed by atoms with E-state index in [1.807, 2.05) is 0 Å². The van der Waals surface area contributed by atoms with Gasteiger partial charge in [-0.15, -0.1) is 11.3 Å². The topological polar surface area (TPSA) is 75.6 Å². The molecule has 1 aromatic heterocycles. The first-order valence-corrected chi connectivity index (χ1v) is 9.20. The number of para-hydroxylation sites is 1. The zero-order valence-corrected chi connectivity index (χ0v) is 15.2. The fourth-order valence-corrected chi connectivity index (χ4v) is 4.54. The standard InChI is InChI=1S/C18H18ClNO4S/c1-10-6-7-11-14(8-10)25-17(16(11)18(22)23)20-15(21)9-24-13-5-3-2-4-12(13)19/h2-5,10H,6-9H2,1H3,(H,20,21)(H,22,23). The Balaban J connectivity index is 1.73. The van der Waals surface area contributed by atoms with Crippen molar-refractivity contribution in [3.63, 3.8) is 0 Å².